The highest BCUT2D eigenvalue weighted by Gasteiger charge is 2.34. The third kappa shape index (κ3) is 4.87. The molecule has 8 aromatic carbocycles. The zero-order valence-electron chi connectivity index (χ0n) is 27.0. The van der Waals surface area contributed by atoms with Crippen molar-refractivity contribution < 1.29 is 0 Å². The number of benzene rings is 8. The van der Waals surface area contributed by atoms with Gasteiger partial charge >= 0.3 is 0 Å². The van der Waals surface area contributed by atoms with E-state index in [1.165, 1.54) is 77.1 Å². The Kier molecular flexibility index (Phi) is 6.73. The first-order valence-corrected chi connectivity index (χ1v) is 16.8. The van der Waals surface area contributed by atoms with Gasteiger partial charge in [0, 0.05) is 11.4 Å². The quantitative estimate of drug-likeness (QED) is 0.175. The van der Waals surface area contributed by atoms with E-state index in [-0.39, 0.29) is 5.54 Å². The van der Waals surface area contributed by atoms with Crippen molar-refractivity contribution in [2.24, 2.45) is 0 Å². The number of hydrogen-bond acceptors (Lipinski definition) is 1. The van der Waals surface area contributed by atoms with Crippen LogP contribution in [0.1, 0.15) is 18.1 Å². The fourth-order valence-electron chi connectivity index (χ4n) is 7.72. The Morgan fingerprint density at radius 1 is 0.438 bits per heavy atom. The summed E-state index contributed by atoms with van der Waals surface area (Å²) in [6.07, 6.45) is 5.68. The summed E-state index contributed by atoms with van der Waals surface area (Å²) in [7, 11) is 0. The molecule has 0 saturated heterocycles. The van der Waals surface area contributed by atoms with Gasteiger partial charge in [0.15, 0.2) is 0 Å². The molecule has 8 aromatic rings. The van der Waals surface area contributed by atoms with Gasteiger partial charge in [0.05, 0.1) is 5.54 Å². The molecule has 0 heterocycles. The van der Waals surface area contributed by atoms with Crippen molar-refractivity contribution in [3.63, 3.8) is 0 Å². The second-order valence-corrected chi connectivity index (χ2v) is 13.2. The number of anilines is 2. The Labute approximate surface area is 282 Å². The molecule has 1 aliphatic rings. The summed E-state index contributed by atoms with van der Waals surface area (Å²) in [5, 5.41) is 7.71. The minimum atomic E-state index is -0.279. The Hall–Kier alpha value is -5.92. The fraction of sp³-hybridized carbons (Fsp3) is 0.0638. The fourth-order valence-corrected chi connectivity index (χ4v) is 7.72. The summed E-state index contributed by atoms with van der Waals surface area (Å²) in [6, 6.07) is 62.1. The van der Waals surface area contributed by atoms with Gasteiger partial charge in [0.25, 0.3) is 0 Å². The standard InChI is InChI=1S/C47H35N/c1-47(30-29-46-40(32-47)22-20-38-12-6-8-14-44(38)46)48(42-27-28-45-39(31-42)21-19-37-11-5-7-13-43(37)45)41-25-23-36(24-26-41)35-17-15-34(16-18-35)33-9-3-2-4-10-33/h2-31H,32H2,1H3. The van der Waals surface area contributed by atoms with Crippen LogP contribution in [0.5, 0.6) is 0 Å². The highest BCUT2D eigenvalue weighted by Crippen LogP contribution is 2.43. The van der Waals surface area contributed by atoms with Crippen LogP contribution in [0.4, 0.5) is 11.4 Å². The van der Waals surface area contributed by atoms with Gasteiger partial charge in [-0.05, 0) is 103 Å². The van der Waals surface area contributed by atoms with Gasteiger partial charge in [0.2, 0.25) is 0 Å². The predicted octanol–water partition coefficient (Wildman–Crippen LogP) is 12.6. The third-order valence-corrected chi connectivity index (χ3v) is 10.2. The second kappa shape index (κ2) is 11.4. The third-order valence-electron chi connectivity index (χ3n) is 10.2. The van der Waals surface area contributed by atoms with E-state index in [0.29, 0.717) is 0 Å². The molecule has 228 valence electrons. The second-order valence-electron chi connectivity index (χ2n) is 13.2. The van der Waals surface area contributed by atoms with Crippen LogP contribution in [0, 0.1) is 0 Å². The molecule has 0 radical (unpaired) electrons. The van der Waals surface area contributed by atoms with E-state index < -0.39 is 0 Å². The van der Waals surface area contributed by atoms with Gasteiger partial charge in [-0.3, -0.25) is 0 Å². The molecule has 0 N–H and O–H groups in total. The van der Waals surface area contributed by atoms with Crippen molar-refractivity contribution in [2.45, 2.75) is 18.9 Å². The smallest absolute Gasteiger partial charge is 0.0649 e. The molecule has 0 spiro atoms. The predicted molar refractivity (Wildman–Crippen MR) is 206 cm³/mol. The van der Waals surface area contributed by atoms with Crippen LogP contribution in [0.2, 0.25) is 0 Å². The molecular formula is C47H35N. The first-order chi connectivity index (χ1) is 23.6. The normalized spacial score (nSPS) is 15.5. The molecule has 0 bridgehead atoms. The maximum Gasteiger partial charge on any atom is 0.0649 e. The average molecular weight is 614 g/mol. The number of nitrogens with zero attached hydrogens (tertiary/aromatic N) is 1. The van der Waals surface area contributed by atoms with E-state index >= 15 is 0 Å². The van der Waals surface area contributed by atoms with Crippen LogP contribution in [0.3, 0.4) is 0 Å². The summed E-state index contributed by atoms with van der Waals surface area (Å²) >= 11 is 0. The largest absolute Gasteiger partial charge is 0.332 e. The van der Waals surface area contributed by atoms with E-state index in [1.54, 1.807) is 0 Å². The van der Waals surface area contributed by atoms with Crippen molar-refractivity contribution in [1.82, 2.24) is 0 Å². The lowest BCUT2D eigenvalue weighted by molar-refractivity contribution is 0.560. The van der Waals surface area contributed by atoms with Gasteiger partial charge in [-0.2, -0.15) is 0 Å². The summed E-state index contributed by atoms with van der Waals surface area (Å²) in [6.45, 7) is 2.38. The monoisotopic (exact) mass is 613 g/mol. The van der Waals surface area contributed by atoms with Gasteiger partial charge < -0.3 is 4.90 Å². The van der Waals surface area contributed by atoms with Crippen LogP contribution in [0.25, 0.3) is 60.6 Å². The van der Waals surface area contributed by atoms with Crippen LogP contribution < -0.4 is 4.90 Å². The Morgan fingerprint density at radius 2 is 0.958 bits per heavy atom. The minimum absolute atomic E-state index is 0.279. The van der Waals surface area contributed by atoms with Gasteiger partial charge in [-0.25, -0.2) is 0 Å². The molecular weight excluding hydrogens is 579 g/mol. The number of hydrogen-bond donors (Lipinski definition) is 0. The summed E-state index contributed by atoms with van der Waals surface area (Å²) in [4.78, 5) is 2.54. The number of rotatable bonds is 5. The highest BCUT2D eigenvalue weighted by atomic mass is 15.2. The average Bonchev–Trinajstić information content (AvgIpc) is 3.15. The Balaban J connectivity index is 1.13. The van der Waals surface area contributed by atoms with E-state index in [4.69, 9.17) is 0 Å². The molecule has 1 nitrogen and oxygen atoms in total. The van der Waals surface area contributed by atoms with Crippen molar-refractivity contribution in [2.75, 3.05) is 4.90 Å². The molecule has 0 fully saturated rings. The molecule has 1 atom stereocenters. The van der Waals surface area contributed by atoms with Crippen LogP contribution in [-0.2, 0) is 6.42 Å². The van der Waals surface area contributed by atoms with E-state index in [9.17, 15) is 0 Å². The zero-order chi connectivity index (χ0) is 32.1. The topological polar surface area (TPSA) is 3.24 Å². The summed E-state index contributed by atoms with van der Waals surface area (Å²) < 4.78 is 0. The summed E-state index contributed by atoms with van der Waals surface area (Å²) in [5.41, 5.74) is 9.71. The number of fused-ring (bicyclic) bond motifs is 6. The van der Waals surface area contributed by atoms with Crippen molar-refractivity contribution >= 4 is 49.8 Å². The van der Waals surface area contributed by atoms with Crippen molar-refractivity contribution in [3.05, 3.63) is 187 Å². The molecule has 48 heavy (non-hydrogen) atoms. The minimum Gasteiger partial charge on any atom is -0.332 e. The maximum atomic E-state index is 2.54. The first-order valence-electron chi connectivity index (χ1n) is 16.8. The van der Waals surface area contributed by atoms with Crippen molar-refractivity contribution in [3.8, 4) is 22.3 Å². The first kappa shape index (κ1) is 28.3. The molecule has 0 amide bonds. The van der Waals surface area contributed by atoms with E-state index in [2.05, 4.69) is 194 Å². The zero-order valence-corrected chi connectivity index (χ0v) is 27.0. The lowest BCUT2D eigenvalue weighted by atomic mass is 9.81. The van der Waals surface area contributed by atoms with Crippen molar-refractivity contribution in [1.29, 1.82) is 0 Å². The Bertz CT molecular complexity index is 2470. The molecule has 9 rings (SSSR count). The maximum absolute atomic E-state index is 2.54. The van der Waals surface area contributed by atoms with E-state index in [0.717, 1.165) is 6.42 Å². The molecule has 1 unspecified atom stereocenters. The molecule has 1 heteroatoms. The van der Waals surface area contributed by atoms with Gasteiger partial charge in [-0.1, -0.05) is 158 Å². The van der Waals surface area contributed by atoms with Gasteiger partial charge in [0.1, 0.15) is 0 Å². The van der Waals surface area contributed by atoms with Crippen LogP contribution >= 0.6 is 0 Å². The van der Waals surface area contributed by atoms with E-state index in [1.807, 2.05) is 0 Å². The lowest BCUT2D eigenvalue weighted by Crippen LogP contribution is -2.45. The molecule has 0 saturated carbocycles. The van der Waals surface area contributed by atoms with Gasteiger partial charge in [-0.15, -0.1) is 0 Å². The Morgan fingerprint density at radius 3 is 1.69 bits per heavy atom. The molecule has 1 aliphatic carbocycles. The molecule has 0 aliphatic heterocycles. The van der Waals surface area contributed by atoms with Crippen LogP contribution in [-0.4, -0.2) is 5.54 Å². The summed E-state index contributed by atoms with van der Waals surface area (Å²) in [5.74, 6) is 0. The molecule has 0 aromatic heterocycles. The SMILES string of the molecule is CC1(N(c2ccc(-c3ccc(-c4ccccc4)cc3)cc2)c2ccc3c(ccc4ccccc43)c2)C=Cc2c(ccc3ccccc23)C1. The van der Waals surface area contributed by atoms with Crippen LogP contribution in [0.15, 0.2) is 176 Å². The lowest BCUT2D eigenvalue weighted by Gasteiger charge is -2.43. The highest BCUT2D eigenvalue weighted by molar-refractivity contribution is 6.08.